The van der Waals surface area contributed by atoms with Crippen LogP contribution in [0.25, 0.3) is 0 Å². The van der Waals surface area contributed by atoms with Gasteiger partial charge in [0, 0.05) is 0 Å². The maximum Gasteiger partial charge on any atom is 0.407 e. The van der Waals surface area contributed by atoms with Crippen LogP contribution in [0.15, 0.2) is 11.6 Å². The topological polar surface area (TPSA) is 60.7 Å². The van der Waals surface area contributed by atoms with Crippen LogP contribution in [0.4, 0.5) is 0 Å². The van der Waals surface area contributed by atoms with Gasteiger partial charge in [0.1, 0.15) is 0 Å². The summed E-state index contributed by atoms with van der Waals surface area (Å²) in [6.07, 6.45) is 11.0. The second-order valence-corrected chi connectivity index (χ2v) is 6.40. The van der Waals surface area contributed by atoms with Crippen LogP contribution in [0.5, 0.6) is 0 Å². The Kier molecular flexibility index (Phi) is 10.0. The van der Waals surface area contributed by atoms with Gasteiger partial charge in [0.25, 0.3) is 0 Å². The maximum atomic E-state index is 8.99. The minimum Gasteiger partial charge on any atom is -0.193 e. The summed E-state index contributed by atoms with van der Waals surface area (Å²) >= 11 is 0. The summed E-state index contributed by atoms with van der Waals surface area (Å²) in [6, 6.07) is 0. The molecule has 0 spiro atoms. The van der Waals surface area contributed by atoms with Gasteiger partial charge in [-0.1, -0.05) is 45.1 Å². The summed E-state index contributed by atoms with van der Waals surface area (Å²) in [5.74, 6) is 0. The van der Waals surface area contributed by atoms with Crippen molar-refractivity contribution in [2.24, 2.45) is 0 Å². The molecule has 0 heterocycles. The monoisotopic (exact) mass is 263 g/mol. The summed E-state index contributed by atoms with van der Waals surface area (Å²) in [7, 11) is -3.62. The van der Waals surface area contributed by atoms with Crippen molar-refractivity contribution in [1.82, 2.24) is 0 Å². The zero-order chi connectivity index (χ0) is 13.1. The van der Waals surface area contributed by atoms with E-state index in [9.17, 15) is 0 Å². The van der Waals surface area contributed by atoms with E-state index >= 15 is 0 Å². The predicted octanol–water partition coefficient (Wildman–Crippen LogP) is 3.81. The fraction of sp³-hybridized carbons (Fsp3) is 0.846. The third kappa shape index (κ3) is 12.3. The molecule has 0 aromatic heterocycles. The molecule has 102 valence electrons. The van der Waals surface area contributed by atoms with E-state index < -0.39 is 7.94 Å². The number of unbranched alkanes of at least 4 members (excludes halogenated alkanes) is 4. The van der Waals surface area contributed by atoms with Gasteiger partial charge in [0.2, 0.25) is 0 Å². The molecule has 0 atom stereocenters. The number of allylic oxidation sites excluding steroid dienone is 2. The Bertz CT molecular complexity index is 197. The molecule has 0 bridgehead atoms. The molecule has 0 saturated carbocycles. The smallest absolute Gasteiger partial charge is 0.193 e. The summed E-state index contributed by atoms with van der Waals surface area (Å²) in [4.78, 5) is 27.0. The number of hydrogen-bond donors (Lipinski definition) is 3. The minimum absolute atomic E-state index is 0.0145. The third-order valence-electron chi connectivity index (χ3n) is 2.83. The summed E-state index contributed by atoms with van der Waals surface area (Å²) in [5.41, 5.74) is 1.27. The lowest BCUT2D eigenvalue weighted by atomic mass is 10.0. The molecule has 0 rings (SSSR count). The van der Waals surface area contributed by atoms with Crippen LogP contribution in [0, 0.1) is 0 Å². The van der Waals surface area contributed by atoms with Crippen molar-refractivity contribution in [3.05, 3.63) is 11.6 Å². The maximum absolute atomic E-state index is 8.99. The second kappa shape index (κ2) is 10.0. The molecule has 3 N–H and O–H groups in total. The average molecular weight is 263 g/mol. The van der Waals surface area contributed by atoms with Crippen LogP contribution in [-0.2, 0) is 0 Å². The summed E-state index contributed by atoms with van der Waals surface area (Å²) in [5, 5.41) is 0. The van der Waals surface area contributed by atoms with Crippen LogP contribution >= 0.6 is 7.94 Å². The van der Waals surface area contributed by atoms with Crippen molar-refractivity contribution in [1.29, 1.82) is 0 Å². The van der Waals surface area contributed by atoms with E-state index in [1.54, 1.807) is 0 Å². The Morgan fingerprint density at radius 2 is 1.35 bits per heavy atom. The van der Waals surface area contributed by atoms with Gasteiger partial charge >= 0.3 is 7.94 Å². The van der Waals surface area contributed by atoms with E-state index in [0.29, 0.717) is 0 Å². The first kappa shape index (κ1) is 17.1. The molecule has 0 radical (unpaired) electrons. The van der Waals surface area contributed by atoms with Crippen LogP contribution in [-0.4, -0.2) is 20.8 Å². The fourth-order valence-corrected chi connectivity index (χ4v) is 2.29. The lowest BCUT2D eigenvalue weighted by Crippen LogP contribution is -1.95. The quantitative estimate of drug-likeness (QED) is 0.319. The highest BCUT2D eigenvalue weighted by Crippen LogP contribution is 2.44. The zero-order valence-corrected chi connectivity index (χ0v) is 12.1. The van der Waals surface area contributed by atoms with E-state index in [-0.39, 0.29) is 6.16 Å². The van der Waals surface area contributed by atoms with Crippen LogP contribution in [0.2, 0.25) is 0 Å². The Morgan fingerprint density at radius 3 is 1.71 bits per heavy atom. The highest BCUT2D eigenvalue weighted by Gasteiger charge is 2.27. The van der Waals surface area contributed by atoms with Gasteiger partial charge in [0.05, 0.1) is 0 Å². The highest BCUT2D eigenvalue weighted by atomic mass is 31.2. The normalized spacial score (nSPS) is 11.6. The number of rotatable bonds is 10. The van der Waals surface area contributed by atoms with Gasteiger partial charge in [-0.3, -0.25) is 0 Å². The van der Waals surface area contributed by atoms with Gasteiger partial charge in [-0.05, 0) is 31.8 Å². The molecule has 0 saturated heterocycles. The van der Waals surface area contributed by atoms with E-state index in [4.69, 9.17) is 14.7 Å². The van der Waals surface area contributed by atoms with Crippen molar-refractivity contribution in [3.63, 3.8) is 0 Å². The lowest BCUT2D eigenvalue weighted by molar-refractivity contribution is 0.335. The van der Waals surface area contributed by atoms with E-state index in [1.807, 2.05) is 6.08 Å². The first-order valence-corrected chi connectivity index (χ1v) is 8.57. The SMILES string of the molecule is CCCCCC(=CC[P+](O)(O)O)CCCCC. The molecular weight excluding hydrogens is 235 g/mol. The predicted molar refractivity (Wildman–Crippen MR) is 74.8 cm³/mol. The van der Waals surface area contributed by atoms with Crippen molar-refractivity contribution >= 4 is 7.94 Å². The van der Waals surface area contributed by atoms with Crippen molar-refractivity contribution in [3.8, 4) is 0 Å². The van der Waals surface area contributed by atoms with Gasteiger partial charge < -0.3 is 0 Å². The van der Waals surface area contributed by atoms with Crippen LogP contribution in [0.3, 0.4) is 0 Å². The Labute approximate surface area is 106 Å². The summed E-state index contributed by atoms with van der Waals surface area (Å²) < 4.78 is 0. The van der Waals surface area contributed by atoms with E-state index in [1.165, 1.54) is 31.3 Å². The molecule has 0 aliphatic carbocycles. The summed E-state index contributed by atoms with van der Waals surface area (Å²) in [6.45, 7) is 4.35. The van der Waals surface area contributed by atoms with Crippen molar-refractivity contribution in [2.75, 3.05) is 6.16 Å². The Balaban J connectivity index is 4.08. The molecule has 0 aromatic rings. The second-order valence-electron chi connectivity index (χ2n) is 4.65. The molecule has 0 aromatic carbocycles. The van der Waals surface area contributed by atoms with Crippen molar-refractivity contribution < 1.29 is 14.7 Å². The highest BCUT2D eigenvalue weighted by molar-refractivity contribution is 7.58. The molecular formula is C13H28O3P+. The molecule has 4 heteroatoms. The largest absolute Gasteiger partial charge is 0.407 e. The molecule has 0 fully saturated rings. The molecule has 0 unspecified atom stereocenters. The third-order valence-corrected chi connectivity index (χ3v) is 3.50. The molecule has 17 heavy (non-hydrogen) atoms. The molecule has 0 amide bonds. The average Bonchev–Trinajstić information content (AvgIpc) is 2.24. The van der Waals surface area contributed by atoms with E-state index in [0.717, 1.165) is 25.7 Å². The molecule has 0 aliphatic rings. The standard InChI is InChI=1S/C13H28O3P/c1-3-5-7-9-13(10-8-6-4-2)11-12-17(14,15)16/h11,14-16H,3-10,12H2,1-2H3/q+1. The Morgan fingerprint density at radius 1 is 0.882 bits per heavy atom. The van der Waals surface area contributed by atoms with Crippen molar-refractivity contribution in [2.45, 2.75) is 65.2 Å². The minimum atomic E-state index is -3.62. The van der Waals surface area contributed by atoms with E-state index in [2.05, 4.69) is 13.8 Å². The fourth-order valence-electron chi connectivity index (χ4n) is 1.78. The number of hydrogen-bond acceptors (Lipinski definition) is 3. The van der Waals surface area contributed by atoms with Crippen LogP contribution < -0.4 is 0 Å². The molecule has 0 aliphatic heterocycles. The van der Waals surface area contributed by atoms with Gasteiger partial charge in [-0.2, -0.15) is 14.7 Å². The first-order chi connectivity index (χ1) is 7.99. The van der Waals surface area contributed by atoms with Gasteiger partial charge in [-0.25, -0.2) is 0 Å². The van der Waals surface area contributed by atoms with Crippen LogP contribution in [0.1, 0.15) is 65.2 Å². The Hall–Kier alpha value is 0.0500. The zero-order valence-electron chi connectivity index (χ0n) is 11.2. The molecule has 3 nitrogen and oxygen atoms in total. The van der Waals surface area contributed by atoms with Gasteiger partial charge in [-0.15, -0.1) is 0 Å². The van der Waals surface area contributed by atoms with Gasteiger partial charge in [0.15, 0.2) is 6.16 Å². The first-order valence-electron chi connectivity index (χ1n) is 6.73. The lowest BCUT2D eigenvalue weighted by Gasteiger charge is -2.08.